The van der Waals surface area contributed by atoms with E-state index in [1.54, 1.807) is 12.1 Å². The first-order valence-electron chi connectivity index (χ1n) is 6.07. The van der Waals surface area contributed by atoms with Gasteiger partial charge in [0, 0.05) is 0 Å². The summed E-state index contributed by atoms with van der Waals surface area (Å²) in [6.45, 7) is 2.04. The first kappa shape index (κ1) is 13.4. The van der Waals surface area contributed by atoms with Crippen molar-refractivity contribution in [3.05, 3.63) is 59.0 Å². The Morgan fingerprint density at radius 3 is 2.47 bits per heavy atom. The lowest BCUT2D eigenvalue weighted by Crippen LogP contribution is -2.17. The van der Waals surface area contributed by atoms with Crippen LogP contribution in [0, 0.1) is 6.92 Å². The normalized spacial score (nSPS) is 12.2. The number of esters is 1. The van der Waals surface area contributed by atoms with Crippen LogP contribution in [0.1, 0.15) is 33.5 Å². The number of methoxy groups -OCH3 is 1. The largest absolute Gasteiger partial charge is 0.463 e. The summed E-state index contributed by atoms with van der Waals surface area (Å²) in [5.74, 6) is 0.432. The van der Waals surface area contributed by atoms with Gasteiger partial charge in [-0.2, -0.15) is 0 Å². The highest BCUT2D eigenvalue weighted by Gasteiger charge is 2.18. The number of hydrogen-bond acceptors (Lipinski definition) is 4. The van der Waals surface area contributed by atoms with E-state index >= 15 is 0 Å². The Hall–Kier alpha value is -2.07. The molecule has 0 saturated carbocycles. The van der Waals surface area contributed by atoms with Gasteiger partial charge in [-0.25, -0.2) is 4.79 Å². The monoisotopic (exact) mass is 259 g/mol. The van der Waals surface area contributed by atoms with Crippen LogP contribution < -0.4 is 5.32 Å². The van der Waals surface area contributed by atoms with Gasteiger partial charge in [-0.1, -0.05) is 29.8 Å². The highest BCUT2D eigenvalue weighted by molar-refractivity contribution is 5.86. The Morgan fingerprint density at radius 1 is 1.21 bits per heavy atom. The molecule has 1 N–H and O–H groups in total. The average molecular weight is 259 g/mol. The minimum Gasteiger partial charge on any atom is -0.463 e. The summed E-state index contributed by atoms with van der Waals surface area (Å²) in [6.07, 6.45) is 0. The molecule has 1 heterocycles. The molecule has 1 aromatic heterocycles. The van der Waals surface area contributed by atoms with Gasteiger partial charge in [0.05, 0.1) is 13.2 Å². The van der Waals surface area contributed by atoms with Crippen molar-refractivity contribution in [3.63, 3.8) is 0 Å². The Kier molecular flexibility index (Phi) is 4.02. The molecule has 100 valence electrons. The van der Waals surface area contributed by atoms with E-state index in [1.807, 2.05) is 38.2 Å². The number of carbonyl (C=O) groups excluding carboxylic acids is 1. The zero-order valence-corrected chi connectivity index (χ0v) is 11.3. The summed E-state index contributed by atoms with van der Waals surface area (Å²) in [5, 5.41) is 3.18. The van der Waals surface area contributed by atoms with Gasteiger partial charge in [-0.15, -0.1) is 0 Å². The van der Waals surface area contributed by atoms with E-state index in [9.17, 15) is 4.79 Å². The molecule has 0 bridgehead atoms. The molecule has 0 radical (unpaired) electrons. The van der Waals surface area contributed by atoms with Gasteiger partial charge in [0.2, 0.25) is 5.76 Å². The summed E-state index contributed by atoms with van der Waals surface area (Å²) >= 11 is 0. The molecule has 0 aliphatic heterocycles. The van der Waals surface area contributed by atoms with Gasteiger partial charge in [-0.3, -0.25) is 0 Å². The van der Waals surface area contributed by atoms with Gasteiger partial charge in [0.25, 0.3) is 0 Å². The number of aryl methyl sites for hydroxylation is 1. The van der Waals surface area contributed by atoms with E-state index in [0.29, 0.717) is 5.76 Å². The SMILES string of the molecule is CNC(c1ccc(C)cc1)c1ccc(C(=O)OC)o1. The highest BCUT2D eigenvalue weighted by atomic mass is 16.5. The van der Waals surface area contributed by atoms with Crippen LogP contribution in [0.2, 0.25) is 0 Å². The van der Waals surface area contributed by atoms with Crippen LogP contribution in [-0.4, -0.2) is 20.1 Å². The summed E-state index contributed by atoms with van der Waals surface area (Å²) in [4.78, 5) is 11.4. The third-order valence-corrected chi connectivity index (χ3v) is 3.00. The molecule has 4 nitrogen and oxygen atoms in total. The topological polar surface area (TPSA) is 51.5 Å². The molecule has 0 aliphatic carbocycles. The van der Waals surface area contributed by atoms with Crippen molar-refractivity contribution in [2.24, 2.45) is 0 Å². The molecule has 0 spiro atoms. The molecular formula is C15H17NO3. The summed E-state index contributed by atoms with van der Waals surface area (Å²) in [7, 11) is 3.19. The summed E-state index contributed by atoms with van der Waals surface area (Å²) in [5.41, 5.74) is 2.28. The fraction of sp³-hybridized carbons (Fsp3) is 0.267. The van der Waals surface area contributed by atoms with Crippen molar-refractivity contribution in [2.75, 3.05) is 14.2 Å². The van der Waals surface area contributed by atoms with E-state index in [-0.39, 0.29) is 11.8 Å². The molecule has 2 rings (SSSR count). The standard InChI is InChI=1S/C15H17NO3/c1-10-4-6-11(7-5-10)14(16-2)12-8-9-13(19-12)15(17)18-3/h4-9,14,16H,1-3H3. The fourth-order valence-corrected chi connectivity index (χ4v) is 1.95. The molecule has 4 heteroatoms. The van der Waals surface area contributed by atoms with Crippen molar-refractivity contribution in [3.8, 4) is 0 Å². The van der Waals surface area contributed by atoms with E-state index in [0.717, 1.165) is 5.56 Å². The smallest absolute Gasteiger partial charge is 0.373 e. The number of carbonyl (C=O) groups is 1. The average Bonchev–Trinajstić information content (AvgIpc) is 2.90. The lowest BCUT2D eigenvalue weighted by Gasteiger charge is -2.14. The van der Waals surface area contributed by atoms with Crippen LogP contribution in [0.5, 0.6) is 0 Å². The number of nitrogens with one attached hydrogen (secondary N) is 1. The minimum atomic E-state index is -0.468. The van der Waals surface area contributed by atoms with Crippen molar-refractivity contribution >= 4 is 5.97 Å². The molecular weight excluding hydrogens is 242 g/mol. The fourth-order valence-electron chi connectivity index (χ4n) is 1.95. The molecule has 0 fully saturated rings. The molecule has 1 atom stereocenters. The van der Waals surface area contributed by atoms with Crippen molar-refractivity contribution < 1.29 is 13.9 Å². The van der Waals surface area contributed by atoms with Crippen molar-refractivity contribution in [1.82, 2.24) is 5.32 Å². The molecule has 1 aromatic carbocycles. The molecule has 1 unspecified atom stereocenters. The number of benzene rings is 1. The zero-order chi connectivity index (χ0) is 13.8. The molecule has 2 aromatic rings. The van der Waals surface area contributed by atoms with Crippen molar-refractivity contribution in [2.45, 2.75) is 13.0 Å². The second-order valence-corrected chi connectivity index (χ2v) is 4.33. The number of ether oxygens (including phenoxy) is 1. The van der Waals surface area contributed by atoms with Gasteiger partial charge in [0.1, 0.15) is 5.76 Å². The maximum atomic E-state index is 11.4. The van der Waals surface area contributed by atoms with Gasteiger partial charge in [-0.05, 0) is 31.7 Å². The molecule has 0 amide bonds. The van der Waals surface area contributed by atoms with Crippen LogP contribution in [-0.2, 0) is 4.74 Å². The molecule has 19 heavy (non-hydrogen) atoms. The Morgan fingerprint density at radius 2 is 1.89 bits per heavy atom. The summed E-state index contributed by atoms with van der Waals surface area (Å²) in [6, 6.07) is 11.5. The third kappa shape index (κ3) is 2.85. The molecule has 0 aliphatic rings. The van der Waals surface area contributed by atoms with Crippen LogP contribution in [0.25, 0.3) is 0 Å². The maximum Gasteiger partial charge on any atom is 0.373 e. The molecule has 0 saturated heterocycles. The number of furan rings is 1. The maximum absolute atomic E-state index is 11.4. The van der Waals surface area contributed by atoms with Crippen molar-refractivity contribution in [1.29, 1.82) is 0 Å². The van der Waals surface area contributed by atoms with Crippen LogP contribution in [0.3, 0.4) is 0 Å². The predicted molar refractivity (Wildman–Crippen MR) is 72.1 cm³/mol. The first-order chi connectivity index (χ1) is 9.15. The van der Waals surface area contributed by atoms with Gasteiger partial charge >= 0.3 is 5.97 Å². The van der Waals surface area contributed by atoms with E-state index < -0.39 is 5.97 Å². The second kappa shape index (κ2) is 5.71. The quantitative estimate of drug-likeness (QED) is 0.858. The van der Waals surface area contributed by atoms with Gasteiger partial charge in [0.15, 0.2) is 0 Å². The number of rotatable bonds is 4. The lowest BCUT2D eigenvalue weighted by molar-refractivity contribution is 0.0562. The zero-order valence-electron chi connectivity index (χ0n) is 11.3. The summed E-state index contributed by atoms with van der Waals surface area (Å²) < 4.78 is 10.2. The van der Waals surface area contributed by atoms with Crippen LogP contribution in [0.15, 0.2) is 40.8 Å². The second-order valence-electron chi connectivity index (χ2n) is 4.33. The van der Waals surface area contributed by atoms with E-state index in [2.05, 4.69) is 10.1 Å². The minimum absolute atomic E-state index is 0.0843. The Labute approximate surface area is 112 Å². The van der Waals surface area contributed by atoms with Crippen LogP contribution in [0.4, 0.5) is 0 Å². The third-order valence-electron chi connectivity index (χ3n) is 3.00. The van der Waals surface area contributed by atoms with Crippen LogP contribution >= 0.6 is 0 Å². The predicted octanol–water partition coefficient (Wildman–Crippen LogP) is 2.68. The Bertz CT molecular complexity index is 557. The lowest BCUT2D eigenvalue weighted by atomic mass is 10.0. The first-order valence-corrected chi connectivity index (χ1v) is 6.07. The Balaban J connectivity index is 2.29. The van der Waals surface area contributed by atoms with Gasteiger partial charge < -0.3 is 14.5 Å². The van der Waals surface area contributed by atoms with E-state index in [1.165, 1.54) is 12.7 Å². The van der Waals surface area contributed by atoms with E-state index in [4.69, 9.17) is 4.42 Å². The number of hydrogen-bond donors (Lipinski definition) is 1. The highest BCUT2D eigenvalue weighted by Crippen LogP contribution is 2.24.